The highest BCUT2D eigenvalue weighted by Crippen LogP contribution is 2.19. The molecule has 0 aromatic rings. The molecule has 58 valence electrons. The van der Waals surface area contributed by atoms with Gasteiger partial charge in [-0.1, -0.05) is 6.08 Å². The molecule has 1 N–H and O–H groups in total. The first-order valence-corrected chi connectivity index (χ1v) is 3.70. The molecule has 1 atom stereocenters. The van der Waals surface area contributed by atoms with Gasteiger partial charge in [0.1, 0.15) is 0 Å². The second kappa shape index (κ2) is 2.72. The molecule has 2 nitrogen and oxygen atoms in total. The third-order valence-corrected chi connectivity index (χ3v) is 1.92. The summed E-state index contributed by atoms with van der Waals surface area (Å²) in [5.74, 6) is 0. The van der Waals surface area contributed by atoms with Crippen molar-refractivity contribution in [1.29, 1.82) is 0 Å². The van der Waals surface area contributed by atoms with Crippen LogP contribution in [0.25, 0.3) is 0 Å². The Labute approximate surface area is 62.2 Å². The van der Waals surface area contributed by atoms with Crippen molar-refractivity contribution in [1.82, 2.24) is 4.90 Å². The first-order valence-electron chi connectivity index (χ1n) is 3.70. The van der Waals surface area contributed by atoms with Gasteiger partial charge in [0.2, 0.25) is 0 Å². The van der Waals surface area contributed by atoms with Crippen LogP contribution in [-0.4, -0.2) is 35.2 Å². The fourth-order valence-corrected chi connectivity index (χ4v) is 1.38. The van der Waals surface area contributed by atoms with Crippen molar-refractivity contribution in [2.45, 2.75) is 18.9 Å². The lowest BCUT2D eigenvalue weighted by Gasteiger charge is -2.16. The molecule has 1 unspecified atom stereocenters. The standard InChI is InChI=1S/C8H15NO/c1-3-5-9-6-4-8(2,10)7-9/h3,10H,1,4-7H2,2H3. The van der Waals surface area contributed by atoms with E-state index < -0.39 is 5.60 Å². The van der Waals surface area contributed by atoms with Crippen LogP contribution in [0, 0.1) is 0 Å². The zero-order valence-electron chi connectivity index (χ0n) is 6.51. The van der Waals surface area contributed by atoms with Gasteiger partial charge < -0.3 is 5.11 Å². The van der Waals surface area contributed by atoms with Crippen LogP contribution in [0.4, 0.5) is 0 Å². The number of hydrogen-bond acceptors (Lipinski definition) is 2. The topological polar surface area (TPSA) is 23.5 Å². The molecule has 10 heavy (non-hydrogen) atoms. The van der Waals surface area contributed by atoms with Gasteiger partial charge >= 0.3 is 0 Å². The summed E-state index contributed by atoms with van der Waals surface area (Å²) in [6.45, 7) is 8.22. The van der Waals surface area contributed by atoms with Gasteiger partial charge in [0, 0.05) is 19.6 Å². The molecule has 0 amide bonds. The van der Waals surface area contributed by atoms with Gasteiger partial charge in [0.15, 0.2) is 0 Å². The number of likely N-dealkylation sites (tertiary alicyclic amines) is 1. The van der Waals surface area contributed by atoms with Gasteiger partial charge in [0.05, 0.1) is 5.60 Å². The summed E-state index contributed by atoms with van der Waals surface area (Å²) in [4.78, 5) is 2.20. The maximum Gasteiger partial charge on any atom is 0.0758 e. The van der Waals surface area contributed by atoms with E-state index in [1.165, 1.54) is 0 Å². The van der Waals surface area contributed by atoms with Crippen molar-refractivity contribution >= 4 is 0 Å². The molecular weight excluding hydrogens is 126 g/mol. The Morgan fingerprint density at radius 2 is 2.50 bits per heavy atom. The molecule has 1 heterocycles. The highest BCUT2D eigenvalue weighted by Gasteiger charge is 2.30. The smallest absolute Gasteiger partial charge is 0.0758 e. The summed E-state index contributed by atoms with van der Waals surface area (Å²) in [6, 6.07) is 0. The maximum absolute atomic E-state index is 9.52. The van der Waals surface area contributed by atoms with Gasteiger partial charge in [-0.3, -0.25) is 4.90 Å². The Bertz CT molecular complexity index is 131. The lowest BCUT2D eigenvalue weighted by Crippen LogP contribution is -2.29. The zero-order chi connectivity index (χ0) is 7.61. The molecule has 0 aromatic heterocycles. The van der Waals surface area contributed by atoms with E-state index >= 15 is 0 Å². The molecule has 0 radical (unpaired) electrons. The van der Waals surface area contributed by atoms with Crippen LogP contribution in [0.5, 0.6) is 0 Å². The van der Waals surface area contributed by atoms with E-state index in [-0.39, 0.29) is 0 Å². The second-order valence-corrected chi connectivity index (χ2v) is 3.27. The monoisotopic (exact) mass is 141 g/mol. The second-order valence-electron chi connectivity index (χ2n) is 3.27. The Kier molecular flexibility index (Phi) is 2.11. The fraction of sp³-hybridized carbons (Fsp3) is 0.750. The van der Waals surface area contributed by atoms with E-state index in [4.69, 9.17) is 0 Å². The highest BCUT2D eigenvalue weighted by molar-refractivity contribution is 4.88. The average molecular weight is 141 g/mol. The largest absolute Gasteiger partial charge is 0.389 e. The average Bonchev–Trinajstić information content (AvgIpc) is 2.12. The quantitative estimate of drug-likeness (QED) is 0.570. The minimum atomic E-state index is -0.455. The van der Waals surface area contributed by atoms with Crippen molar-refractivity contribution in [3.8, 4) is 0 Å². The first kappa shape index (κ1) is 7.76. The lowest BCUT2D eigenvalue weighted by molar-refractivity contribution is 0.0703. The van der Waals surface area contributed by atoms with Gasteiger partial charge in [0.25, 0.3) is 0 Å². The molecule has 1 fully saturated rings. The van der Waals surface area contributed by atoms with Gasteiger partial charge in [-0.15, -0.1) is 6.58 Å². The third kappa shape index (κ3) is 1.82. The molecule has 0 spiro atoms. The molecule has 0 aliphatic carbocycles. The number of β-amino-alcohol motifs (C(OH)–C–C–N with tert-alkyl or cyclic N) is 1. The Morgan fingerprint density at radius 1 is 1.80 bits per heavy atom. The molecule has 1 rings (SSSR count). The van der Waals surface area contributed by atoms with Crippen LogP contribution in [-0.2, 0) is 0 Å². The molecule has 0 saturated carbocycles. The van der Waals surface area contributed by atoms with E-state index in [0.29, 0.717) is 0 Å². The molecule has 2 heteroatoms. The van der Waals surface area contributed by atoms with E-state index in [1.807, 2.05) is 13.0 Å². The summed E-state index contributed by atoms with van der Waals surface area (Å²) in [5.41, 5.74) is -0.455. The summed E-state index contributed by atoms with van der Waals surface area (Å²) >= 11 is 0. The van der Waals surface area contributed by atoms with Crippen molar-refractivity contribution in [3.05, 3.63) is 12.7 Å². The maximum atomic E-state index is 9.52. The Balaban J connectivity index is 2.35. The molecule has 0 bridgehead atoms. The van der Waals surface area contributed by atoms with Gasteiger partial charge in [-0.25, -0.2) is 0 Å². The summed E-state index contributed by atoms with van der Waals surface area (Å²) in [5, 5.41) is 9.52. The number of hydrogen-bond donors (Lipinski definition) is 1. The van der Waals surface area contributed by atoms with Crippen LogP contribution >= 0.6 is 0 Å². The number of nitrogens with zero attached hydrogens (tertiary/aromatic N) is 1. The van der Waals surface area contributed by atoms with Crippen LogP contribution in [0.1, 0.15) is 13.3 Å². The molecule has 1 saturated heterocycles. The SMILES string of the molecule is C=CCN1CCC(C)(O)C1. The lowest BCUT2D eigenvalue weighted by atomic mass is 10.1. The van der Waals surface area contributed by atoms with Crippen molar-refractivity contribution in [3.63, 3.8) is 0 Å². The highest BCUT2D eigenvalue weighted by atomic mass is 16.3. The zero-order valence-corrected chi connectivity index (χ0v) is 6.51. The summed E-state index contributed by atoms with van der Waals surface area (Å²) in [6.07, 6.45) is 2.77. The number of rotatable bonds is 2. The Morgan fingerprint density at radius 3 is 2.90 bits per heavy atom. The molecule has 1 aliphatic rings. The van der Waals surface area contributed by atoms with Crippen molar-refractivity contribution in [2.24, 2.45) is 0 Å². The van der Waals surface area contributed by atoms with Crippen LogP contribution < -0.4 is 0 Å². The van der Waals surface area contributed by atoms with Crippen LogP contribution in [0.15, 0.2) is 12.7 Å². The van der Waals surface area contributed by atoms with Crippen molar-refractivity contribution in [2.75, 3.05) is 19.6 Å². The minimum Gasteiger partial charge on any atom is -0.389 e. The predicted molar refractivity (Wildman–Crippen MR) is 41.9 cm³/mol. The van der Waals surface area contributed by atoms with E-state index in [9.17, 15) is 5.11 Å². The number of aliphatic hydroxyl groups is 1. The molecule has 0 aromatic carbocycles. The van der Waals surface area contributed by atoms with Gasteiger partial charge in [-0.2, -0.15) is 0 Å². The van der Waals surface area contributed by atoms with E-state index in [2.05, 4.69) is 11.5 Å². The van der Waals surface area contributed by atoms with Crippen LogP contribution in [0.3, 0.4) is 0 Å². The molecular formula is C8H15NO. The third-order valence-electron chi connectivity index (χ3n) is 1.92. The van der Waals surface area contributed by atoms with Gasteiger partial charge in [-0.05, 0) is 13.3 Å². The Hall–Kier alpha value is -0.340. The molecule has 1 aliphatic heterocycles. The fourth-order valence-electron chi connectivity index (χ4n) is 1.38. The van der Waals surface area contributed by atoms with Crippen molar-refractivity contribution < 1.29 is 5.11 Å². The van der Waals surface area contributed by atoms with E-state index in [0.717, 1.165) is 26.1 Å². The predicted octanol–water partition coefficient (Wildman–Crippen LogP) is 0.629. The normalized spacial score (nSPS) is 34.6. The summed E-state index contributed by atoms with van der Waals surface area (Å²) < 4.78 is 0. The summed E-state index contributed by atoms with van der Waals surface area (Å²) in [7, 11) is 0. The van der Waals surface area contributed by atoms with E-state index in [1.54, 1.807) is 0 Å². The van der Waals surface area contributed by atoms with Crippen LogP contribution in [0.2, 0.25) is 0 Å². The first-order chi connectivity index (χ1) is 4.64. The minimum absolute atomic E-state index is 0.455.